The summed E-state index contributed by atoms with van der Waals surface area (Å²) in [5, 5.41) is 0.616. The van der Waals surface area contributed by atoms with Crippen LogP contribution >= 0.6 is 11.6 Å². The first-order valence-electron chi connectivity index (χ1n) is 10.7. The second-order valence-corrected chi connectivity index (χ2v) is 10.3. The quantitative estimate of drug-likeness (QED) is 0.574. The lowest BCUT2D eigenvalue weighted by atomic mass is 10.1. The molecule has 0 N–H and O–H groups in total. The number of nitrogens with zero attached hydrogens (tertiary/aromatic N) is 3. The van der Waals surface area contributed by atoms with E-state index in [0.717, 1.165) is 12.8 Å². The van der Waals surface area contributed by atoms with Crippen molar-refractivity contribution in [3.05, 3.63) is 35.6 Å². The molecule has 1 aromatic heterocycles. The molecule has 0 bridgehead atoms. The second kappa shape index (κ2) is 10.0. The van der Waals surface area contributed by atoms with Crippen LogP contribution < -0.4 is 9.47 Å². The van der Waals surface area contributed by atoms with E-state index >= 15 is 0 Å². The molecule has 1 aliphatic heterocycles. The van der Waals surface area contributed by atoms with E-state index in [2.05, 4.69) is 9.97 Å². The Labute approximate surface area is 194 Å². The molecule has 4 rings (SSSR count). The lowest BCUT2D eigenvalue weighted by Crippen LogP contribution is -2.42. The number of amides is 1. The number of halogens is 1. The van der Waals surface area contributed by atoms with Crippen LogP contribution in [-0.2, 0) is 15.5 Å². The number of carbonyl (C=O) groups is 1. The van der Waals surface area contributed by atoms with Gasteiger partial charge in [0.15, 0.2) is 0 Å². The molecule has 2 fully saturated rings. The molecule has 1 amide bonds. The number of piperidine rings is 1. The van der Waals surface area contributed by atoms with Crippen molar-refractivity contribution >= 4 is 28.5 Å². The first-order valence-corrected chi connectivity index (χ1v) is 12.3. The van der Waals surface area contributed by atoms with Gasteiger partial charge in [-0.15, -0.1) is 0 Å². The van der Waals surface area contributed by atoms with Crippen LogP contribution in [0, 0.1) is 0 Å². The molecular weight excluding hydrogens is 454 g/mol. The van der Waals surface area contributed by atoms with Gasteiger partial charge in [0.1, 0.15) is 18.2 Å². The van der Waals surface area contributed by atoms with Crippen LogP contribution in [0.2, 0.25) is 5.02 Å². The summed E-state index contributed by atoms with van der Waals surface area (Å²) >= 11 is 6.34. The molecule has 1 unspecified atom stereocenters. The fourth-order valence-electron chi connectivity index (χ4n) is 3.32. The lowest BCUT2D eigenvalue weighted by Gasteiger charge is -2.31. The lowest BCUT2D eigenvalue weighted by molar-refractivity contribution is 0.0507. The van der Waals surface area contributed by atoms with Gasteiger partial charge in [-0.2, -0.15) is 0 Å². The van der Waals surface area contributed by atoms with Gasteiger partial charge in [0.25, 0.3) is 0 Å². The number of hydrogen-bond donors (Lipinski definition) is 0. The van der Waals surface area contributed by atoms with Crippen LogP contribution in [0.25, 0.3) is 0 Å². The minimum atomic E-state index is -1.02. The fourth-order valence-corrected chi connectivity index (χ4v) is 4.99. The zero-order chi connectivity index (χ0) is 22.7. The summed E-state index contributed by atoms with van der Waals surface area (Å²) in [7, 11) is -1.02. The van der Waals surface area contributed by atoms with Crippen molar-refractivity contribution in [2.75, 3.05) is 13.1 Å². The Kier molecular flexibility index (Phi) is 7.15. The monoisotopic (exact) mass is 479 g/mol. The van der Waals surface area contributed by atoms with Crippen molar-refractivity contribution in [2.24, 2.45) is 0 Å². The van der Waals surface area contributed by atoms with Gasteiger partial charge in [-0.3, -0.25) is 4.21 Å². The minimum absolute atomic E-state index is 0.0684. The van der Waals surface area contributed by atoms with Crippen molar-refractivity contribution < 1.29 is 23.2 Å². The first kappa shape index (κ1) is 22.8. The van der Waals surface area contributed by atoms with E-state index < -0.39 is 10.8 Å². The number of likely N-dealkylation sites (tertiary alicyclic amines) is 1. The van der Waals surface area contributed by atoms with E-state index in [-0.39, 0.29) is 23.6 Å². The van der Waals surface area contributed by atoms with Crippen molar-refractivity contribution in [1.29, 1.82) is 0 Å². The molecule has 2 heterocycles. The largest absolute Gasteiger partial charge is 0.474 e. The predicted octanol–water partition coefficient (Wildman–Crippen LogP) is 4.58. The van der Waals surface area contributed by atoms with Crippen molar-refractivity contribution in [3.8, 4) is 17.5 Å². The van der Waals surface area contributed by atoms with Crippen LogP contribution in [0.5, 0.6) is 17.5 Å². The van der Waals surface area contributed by atoms with Crippen molar-refractivity contribution in [3.63, 3.8) is 0 Å². The first-order chi connectivity index (χ1) is 15.4. The van der Waals surface area contributed by atoms with Gasteiger partial charge in [-0.25, -0.2) is 14.8 Å². The molecule has 172 valence electrons. The molecule has 1 atom stereocenters. The number of hydrogen-bond acceptors (Lipinski definition) is 7. The normalized spacial score (nSPS) is 17.8. The van der Waals surface area contributed by atoms with Gasteiger partial charge in [-0.05, 0) is 44.9 Å². The Morgan fingerprint density at radius 3 is 2.50 bits per heavy atom. The number of aromatic nitrogens is 2. The molecule has 32 heavy (non-hydrogen) atoms. The predicted molar refractivity (Wildman–Crippen MR) is 120 cm³/mol. The van der Waals surface area contributed by atoms with Gasteiger partial charge in [0.05, 0.1) is 28.0 Å². The maximum Gasteiger partial charge on any atom is 0.410 e. The maximum absolute atomic E-state index is 12.3. The Morgan fingerprint density at radius 1 is 1.12 bits per heavy atom. The molecule has 0 spiro atoms. The molecular formula is C22H26ClN3O5S. The van der Waals surface area contributed by atoms with Gasteiger partial charge in [0, 0.05) is 36.1 Å². The van der Waals surface area contributed by atoms with Gasteiger partial charge in [-0.1, -0.05) is 11.6 Å². The van der Waals surface area contributed by atoms with E-state index in [1.165, 1.54) is 6.33 Å². The number of rotatable bonds is 7. The Balaban J connectivity index is 1.33. The third-order valence-electron chi connectivity index (χ3n) is 5.12. The Morgan fingerprint density at radius 2 is 1.84 bits per heavy atom. The highest BCUT2D eigenvalue weighted by Gasteiger charge is 2.30. The van der Waals surface area contributed by atoms with Crippen molar-refractivity contribution in [1.82, 2.24) is 14.9 Å². The Hall–Kier alpha value is -2.39. The molecule has 0 radical (unpaired) electrons. The zero-order valence-electron chi connectivity index (χ0n) is 18.0. The standard InChI is InChI=1S/C22H26ClN3O5S/c1-14(2)29-22(27)26-9-7-15(8-10-26)30-20-12-21(25-13-24-20)31-19-6-5-17(11-18(19)23)32(28)16-3-4-16/h5-6,11-16H,3-4,7-10H2,1-2H3. The average molecular weight is 480 g/mol. The summed E-state index contributed by atoms with van der Waals surface area (Å²) < 4.78 is 29.3. The van der Waals surface area contributed by atoms with Gasteiger partial charge < -0.3 is 19.1 Å². The maximum atomic E-state index is 12.3. The second-order valence-electron chi connectivity index (χ2n) is 8.12. The summed E-state index contributed by atoms with van der Waals surface area (Å²) in [6.07, 6.45) is 4.21. The number of ether oxygens (including phenoxy) is 3. The number of benzene rings is 1. The van der Waals surface area contributed by atoms with Crippen LogP contribution in [0.4, 0.5) is 4.79 Å². The van der Waals surface area contributed by atoms with E-state index in [9.17, 15) is 9.00 Å². The molecule has 1 aliphatic carbocycles. The summed E-state index contributed by atoms with van der Waals surface area (Å²) in [5.74, 6) is 1.11. The minimum Gasteiger partial charge on any atom is -0.474 e. The molecule has 10 heteroatoms. The third-order valence-corrected chi connectivity index (χ3v) is 7.21. The highest BCUT2D eigenvalue weighted by molar-refractivity contribution is 7.86. The van der Waals surface area contributed by atoms with Crippen LogP contribution in [0.15, 0.2) is 35.5 Å². The van der Waals surface area contributed by atoms with Crippen LogP contribution in [0.1, 0.15) is 39.5 Å². The SMILES string of the molecule is CC(C)OC(=O)N1CCC(Oc2cc(Oc3ccc(S(=O)C4CC4)cc3Cl)ncn2)CC1. The molecule has 2 aliphatic rings. The van der Waals surface area contributed by atoms with E-state index in [1.54, 1.807) is 29.2 Å². The molecule has 1 aromatic carbocycles. The highest BCUT2D eigenvalue weighted by Crippen LogP contribution is 2.35. The summed E-state index contributed by atoms with van der Waals surface area (Å²) in [4.78, 5) is 22.7. The van der Waals surface area contributed by atoms with E-state index in [4.69, 9.17) is 25.8 Å². The van der Waals surface area contributed by atoms with Crippen molar-refractivity contribution in [2.45, 2.75) is 61.9 Å². The molecule has 1 saturated carbocycles. The van der Waals surface area contributed by atoms with Crippen LogP contribution in [0.3, 0.4) is 0 Å². The summed E-state index contributed by atoms with van der Waals surface area (Å²) in [6, 6.07) is 6.76. The van der Waals surface area contributed by atoms with E-state index in [0.29, 0.717) is 53.4 Å². The van der Waals surface area contributed by atoms with Gasteiger partial charge in [0.2, 0.25) is 11.8 Å². The fraction of sp³-hybridized carbons (Fsp3) is 0.500. The number of carbonyl (C=O) groups excluding carboxylic acids is 1. The zero-order valence-corrected chi connectivity index (χ0v) is 19.6. The van der Waals surface area contributed by atoms with Crippen LogP contribution in [-0.4, -0.2) is 55.7 Å². The molecule has 2 aromatic rings. The average Bonchev–Trinajstić information content (AvgIpc) is 3.60. The third kappa shape index (κ3) is 5.89. The highest BCUT2D eigenvalue weighted by atomic mass is 35.5. The summed E-state index contributed by atoms with van der Waals surface area (Å²) in [6.45, 7) is 4.79. The smallest absolute Gasteiger partial charge is 0.410 e. The molecule has 8 nitrogen and oxygen atoms in total. The topological polar surface area (TPSA) is 90.8 Å². The van der Waals surface area contributed by atoms with Gasteiger partial charge >= 0.3 is 6.09 Å². The Bertz CT molecular complexity index is 993. The molecule has 1 saturated heterocycles. The van der Waals surface area contributed by atoms with E-state index in [1.807, 2.05) is 13.8 Å². The summed E-state index contributed by atoms with van der Waals surface area (Å²) in [5.41, 5.74) is 0.